The molecule has 176 valence electrons. The summed E-state index contributed by atoms with van der Waals surface area (Å²) in [6.45, 7) is 3.42. The van der Waals surface area contributed by atoms with E-state index in [0.717, 1.165) is 19.3 Å². The highest BCUT2D eigenvalue weighted by Gasteiger charge is 2.42. The summed E-state index contributed by atoms with van der Waals surface area (Å²) in [4.78, 5) is 12.1. The number of cyclic esters (lactones) is 1. The van der Waals surface area contributed by atoms with Crippen LogP contribution in [0.5, 0.6) is 0 Å². The van der Waals surface area contributed by atoms with Crippen molar-refractivity contribution in [3.63, 3.8) is 0 Å². The van der Waals surface area contributed by atoms with Gasteiger partial charge in [0.05, 0.1) is 19.3 Å². The number of aliphatic hydroxyl groups is 4. The number of aliphatic hydroxyl groups excluding tert-OH is 4. The van der Waals surface area contributed by atoms with E-state index in [1.54, 1.807) is 6.92 Å². The number of hydrogen-bond donors (Lipinski definition) is 4. The molecule has 4 unspecified atom stereocenters. The van der Waals surface area contributed by atoms with E-state index in [9.17, 15) is 25.2 Å². The Labute approximate surface area is 178 Å². The van der Waals surface area contributed by atoms with Gasteiger partial charge in [-0.3, -0.25) is 0 Å². The lowest BCUT2D eigenvalue weighted by molar-refractivity contribution is -0.149. The molecular formula is C21H38O9. The van der Waals surface area contributed by atoms with Gasteiger partial charge in [-0.1, -0.05) is 45.4 Å². The van der Waals surface area contributed by atoms with Crippen molar-refractivity contribution in [1.82, 2.24) is 0 Å². The van der Waals surface area contributed by atoms with Crippen LogP contribution < -0.4 is 0 Å². The first-order chi connectivity index (χ1) is 14.4. The van der Waals surface area contributed by atoms with E-state index in [2.05, 4.69) is 6.92 Å². The molecule has 0 saturated heterocycles. The van der Waals surface area contributed by atoms with Gasteiger partial charge in [0.1, 0.15) is 25.4 Å². The molecule has 4 atom stereocenters. The van der Waals surface area contributed by atoms with Gasteiger partial charge in [0, 0.05) is 6.61 Å². The third kappa shape index (κ3) is 9.61. The molecular weight excluding hydrogens is 396 g/mol. The summed E-state index contributed by atoms with van der Waals surface area (Å²) < 4.78 is 21.1. The molecule has 0 fully saturated rings. The maximum atomic E-state index is 12.1. The smallest absolute Gasteiger partial charge is 0.378 e. The molecule has 9 heteroatoms. The minimum Gasteiger partial charge on any atom is -0.487 e. The summed E-state index contributed by atoms with van der Waals surface area (Å²) in [5.41, 5.74) is 0. The van der Waals surface area contributed by atoms with Crippen LogP contribution in [-0.4, -0.2) is 83.8 Å². The molecule has 0 aliphatic carbocycles. The average Bonchev–Trinajstić information content (AvgIpc) is 3.06. The second kappa shape index (κ2) is 15.4. The molecule has 1 aliphatic heterocycles. The number of ether oxygens (including phenoxy) is 4. The molecule has 1 rings (SSSR count). The number of esters is 1. The minimum atomic E-state index is -1.39. The normalized spacial score (nSPS) is 19.5. The highest BCUT2D eigenvalue weighted by molar-refractivity contribution is 5.89. The molecule has 9 nitrogen and oxygen atoms in total. The highest BCUT2D eigenvalue weighted by atomic mass is 16.6. The Balaban J connectivity index is 2.61. The molecule has 0 bridgehead atoms. The van der Waals surface area contributed by atoms with Crippen LogP contribution in [0, 0.1) is 0 Å². The van der Waals surface area contributed by atoms with Crippen LogP contribution in [-0.2, 0) is 23.7 Å². The predicted octanol–water partition coefficient (Wildman–Crippen LogP) is 1.02. The summed E-state index contributed by atoms with van der Waals surface area (Å²) in [7, 11) is 0. The average molecular weight is 435 g/mol. The lowest BCUT2D eigenvalue weighted by atomic mass is 10.1. The van der Waals surface area contributed by atoms with E-state index in [1.165, 1.54) is 19.3 Å². The van der Waals surface area contributed by atoms with E-state index in [-0.39, 0.29) is 31.3 Å². The van der Waals surface area contributed by atoms with Crippen molar-refractivity contribution >= 4 is 5.97 Å². The number of carbonyl (C=O) groups is 1. The van der Waals surface area contributed by atoms with Crippen LogP contribution in [0.1, 0.15) is 58.8 Å². The zero-order valence-electron chi connectivity index (χ0n) is 18.1. The van der Waals surface area contributed by atoms with Crippen molar-refractivity contribution in [3.05, 3.63) is 11.5 Å². The van der Waals surface area contributed by atoms with E-state index < -0.39 is 37.0 Å². The lowest BCUT2D eigenvalue weighted by Gasteiger charge is -2.20. The largest absolute Gasteiger partial charge is 0.487 e. The van der Waals surface area contributed by atoms with Crippen molar-refractivity contribution in [1.29, 1.82) is 0 Å². The fourth-order valence-corrected chi connectivity index (χ4v) is 2.99. The standard InChI is InChI=1S/C21H38O9/c1-3-5-6-7-8-9-10-15(23)13-28-19-18(17(25)11-22)30-21(26)20(19)29-14-16(24)12-27-4-2/h15-18,22-25H,3-14H2,1-2H3. The molecule has 4 N–H and O–H groups in total. The minimum absolute atomic E-state index is 0.0364. The van der Waals surface area contributed by atoms with E-state index in [1.807, 2.05) is 0 Å². The van der Waals surface area contributed by atoms with E-state index in [0.29, 0.717) is 13.0 Å². The molecule has 0 aromatic heterocycles. The third-order valence-corrected chi connectivity index (χ3v) is 4.69. The Morgan fingerprint density at radius 2 is 1.60 bits per heavy atom. The number of unbranched alkanes of at least 4 members (excludes halogenated alkanes) is 5. The first kappa shape index (κ1) is 26.6. The summed E-state index contributed by atoms with van der Waals surface area (Å²) in [5, 5.41) is 39.2. The fourth-order valence-electron chi connectivity index (χ4n) is 2.99. The van der Waals surface area contributed by atoms with Crippen molar-refractivity contribution in [3.8, 4) is 0 Å². The van der Waals surface area contributed by atoms with Gasteiger partial charge in [0.25, 0.3) is 0 Å². The summed E-state index contributed by atoms with van der Waals surface area (Å²) in [6.07, 6.45) is 2.79. The molecule has 1 aliphatic rings. The molecule has 0 aromatic rings. The maximum Gasteiger partial charge on any atom is 0.378 e. The van der Waals surface area contributed by atoms with Gasteiger partial charge >= 0.3 is 5.97 Å². The van der Waals surface area contributed by atoms with Crippen molar-refractivity contribution < 1.29 is 44.2 Å². The first-order valence-electron chi connectivity index (χ1n) is 10.9. The molecule has 0 amide bonds. The molecule has 0 spiro atoms. The Hall–Kier alpha value is -1.39. The SMILES string of the molecule is CCCCCCCCC(O)COC1=C(OCC(O)COCC)C(=O)OC1C(O)CO. The van der Waals surface area contributed by atoms with Crippen LogP contribution in [0.4, 0.5) is 0 Å². The number of carbonyl (C=O) groups excluding carboxylic acids is 1. The molecule has 0 radical (unpaired) electrons. The predicted molar refractivity (Wildman–Crippen MR) is 108 cm³/mol. The van der Waals surface area contributed by atoms with Gasteiger partial charge in [0.15, 0.2) is 11.9 Å². The van der Waals surface area contributed by atoms with Gasteiger partial charge in [-0.25, -0.2) is 4.79 Å². The second-order valence-electron chi connectivity index (χ2n) is 7.41. The Kier molecular flexibility index (Phi) is 13.7. The summed E-state index contributed by atoms with van der Waals surface area (Å²) in [6, 6.07) is 0. The zero-order valence-corrected chi connectivity index (χ0v) is 18.1. The molecule has 0 saturated carbocycles. The van der Waals surface area contributed by atoms with Gasteiger partial charge in [-0.15, -0.1) is 0 Å². The summed E-state index contributed by atoms with van der Waals surface area (Å²) >= 11 is 0. The lowest BCUT2D eigenvalue weighted by Crippen LogP contribution is -2.33. The van der Waals surface area contributed by atoms with Gasteiger partial charge < -0.3 is 39.4 Å². The van der Waals surface area contributed by atoms with Gasteiger partial charge in [-0.05, 0) is 13.3 Å². The molecule has 1 heterocycles. The topological polar surface area (TPSA) is 135 Å². The van der Waals surface area contributed by atoms with Crippen LogP contribution >= 0.6 is 0 Å². The van der Waals surface area contributed by atoms with E-state index >= 15 is 0 Å². The Morgan fingerprint density at radius 1 is 0.933 bits per heavy atom. The Bertz CT molecular complexity index is 509. The van der Waals surface area contributed by atoms with Crippen molar-refractivity contribution in [2.75, 3.05) is 33.0 Å². The Morgan fingerprint density at radius 3 is 2.27 bits per heavy atom. The van der Waals surface area contributed by atoms with Crippen LogP contribution in [0.15, 0.2) is 11.5 Å². The van der Waals surface area contributed by atoms with Gasteiger partial charge in [0.2, 0.25) is 5.76 Å². The van der Waals surface area contributed by atoms with E-state index in [4.69, 9.17) is 18.9 Å². The maximum absolute atomic E-state index is 12.1. The van der Waals surface area contributed by atoms with Crippen molar-refractivity contribution in [2.45, 2.75) is 83.2 Å². The van der Waals surface area contributed by atoms with Crippen molar-refractivity contribution in [2.24, 2.45) is 0 Å². The van der Waals surface area contributed by atoms with Crippen LogP contribution in [0.3, 0.4) is 0 Å². The van der Waals surface area contributed by atoms with Gasteiger partial charge in [-0.2, -0.15) is 0 Å². The molecule has 0 aromatic carbocycles. The monoisotopic (exact) mass is 434 g/mol. The summed E-state index contributed by atoms with van der Waals surface area (Å²) in [5.74, 6) is -1.24. The van der Waals surface area contributed by atoms with Crippen LogP contribution in [0.2, 0.25) is 0 Å². The number of rotatable bonds is 18. The highest BCUT2D eigenvalue weighted by Crippen LogP contribution is 2.28. The number of hydrogen-bond acceptors (Lipinski definition) is 9. The van der Waals surface area contributed by atoms with Crippen LogP contribution in [0.25, 0.3) is 0 Å². The zero-order chi connectivity index (χ0) is 22.4. The molecule has 30 heavy (non-hydrogen) atoms. The second-order valence-corrected chi connectivity index (χ2v) is 7.41. The first-order valence-corrected chi connectivity index (χ1v) is 10.9. The quantitative estimate of drug-likeness (QED) is 0.184. The fraction of sp³-hybridized carbons (Fsp3) is 0.857. The third-order valence-electron chi connectivity index (χ3n) is 4.69.